The van der Waals surface area contributed by atoms with Crippen molar-refractivity contribution in [3.05, 3.63) is 79.4 Å². The zero-order valence-corrected chi connectivity index (χ0v) is 26.9. The lowest BCUT2D eigenvalue weighted by Gasteiger charge is -2.25. The summed E-state index contributed by atoms with van der Waals surface area (Å²) in [6.45, 7) is 7.73. The number of hydrogen-bond donors (Lipinski definition) is 5. The van der Waals surface area contributed by atoms with Crippen LogP contribution in [-0.2, 0) is 27.2 Å². The van der Waals surface area contributed by atoms with Crippen molar-refractivity contribution in [1.82, 2.24) is 36.2 Å². The summed E-state index contributed by atoms with van der Waals surface area (Å²) >= 11 is 1.26. The Morgan fingerprint density at radius 1 is 1.02 bits per heavy atom. The van der Waals surface area contributed by atoms with Gasteiger partial charge in [-0.1, -0.05) is 44.2 Å². The Morgan fingerprint density at radius 3 is 2.49 bits per heavy atom. The van der Waals surface area contributed by atoms with Crippen LogP contribution >= 0.6 is 11.3 Å². The van der Waals surface area contributed by atoms with Gasteiger partial charge in [-0.3, -0.25) is 19.2 Å². The maximum Gasteiger partial charge on any atom is 0.345 e. The third-order valence-corrected chi connectivity index (χ3v) is 8.74. The molecule has 45 heavy (non-hydrogen) atoms. The van der Waals surface area contributed by atoms with E-state index in [0.29, 0.717) is 55.0 Å². The van der Waals surface area contributed by atoms with E-state index in [1.54, 1.807) is 19.2 Å². The highest BCUT2D eigenvalue weighted by atomic mass is 32.1. The molecule has 5 N–H and O–H groups in total. The number of nitrogens with one attached hydrogen (secondary N) is 5. The molecule has 1 aliphatic rings. The molecule has 12 nitrogen and oxygen atoms in total. The first kappa shape index (κ1) is 33.5. The van der Waals surface area contributed by atoms with Crippen molar-refractivity contribution < 1.29 is 19.2 Å². The highest BCUT2D eigenvalue weighted by Crippen LogP contribution is 2.26. The van der Waals surface area contributed by atoms with Crippen LogP contribution in [0.3, 0.4) is 0 Å². The number of amides is 4. The number of carbonyl (C=O) groups excluding carboxylic acids is 4. The molecular formula is C32H41N7O5S. The van der Waals surface area contributed by atoms with Crippen LogP contribution in [0.1, 0.15) is 83.6 Å². The average Bonchev–Trinajstić information content (AvgIpc) is 3.48. The topological polar surface area (TPSA) is 175 Å². The van der Waals surface area contributed by atoms with E-state index in [0.717, 1.165) is 11.1 Å². The Balaban J connectivity index is 1.52. The van der Waals surface area contributed by atoms with Gasteiger partial charge in [-0.2, -0.15) is 4.98 Å². The van der Waals surface area contributed by atoms with Crippen molar-refractivity contribution in [2.75, 3.05) is 6.54 Å². The Labute approximate surface area is 266 Å². The fraction of sp³-hybridized carbons (Fsp3) is 0.469. The molecule has 1 aromatic carbocycles. The van der Waals surface area contributed by atoms with Crippen LogP contribution in [0.5, 0.6) is 0 Å². The van der Waals surface area contributed by atoms with Gasteiger partial charge in [0, 0.05) is 36.2 Å². The van der Waals surface area contributed by atoms with Gasteiger partial charge in [0.05, 0.1) is 6.04 Å². The molecule has 0 unspecified atom stereocenters. The van der Waals surface area contributed by atoms with E-state index in [1.165, 1.54) is 11.3 Å². The summed E-state index contributed by atoms with van der Waals surface area (Å²) in [7, 11) is 0. The standard InChI is InChI=1S/C32H41N7O5S/c1-18(2)27-31-38-25(17-45-31)30(43)37-24(16-21-10-6-5-7-11-21)28(41)33-15-9-8-12-23(29(42)39-27)36-26(40)14-13-22-19(3)34-32(44)35-20(22)4/h5-7,10-11,17-18,23-24,27H,8-9,12-16H2,1-4H3,(H,33,41)(H,36,40)(H,37,43)(H,39,42)(H,34,35,44)/t23-,24+,27+/m0/s1. The van der Waals surface area contributed by atoms with Crippen LogP contribution in [0.4, 0.5) is 0 Å². The number of nitrogens with zero attached hydrogens (tertiary/aromatic N) is 2. The van der Waals surface area contributed by atoms with Crippen molar-refractivity contribution in [1.29, 1.82) is 0 Å². The third-order valence-electron chi connectivity index (χ3n) is 7.82. The maximum absolute atomic E-state index is 13.6. The van der Waals surface area contributed by atoms with E-state index in [2.05, 4.69) is 36.2 Å². The quantitative estimate of drug-likeness (QED) is 0.265. The second kappa shape index (κ2) is 15.6. The highest BCUT2D eigenvalue weighted by molar-refractivity contribution is 7.09. The number of benzene rings is 1. The molecule has 0 saturated carbocycles. The van der Waals surface area contributed by atoms with E-state index < -0.39 is 29.7 Å². The van der Waals surface area contributed by atoms with Crippen LogP contribution in [0.25, 0.3) is 0 Å². The number of aromatic amines is 1. The van der Waals surface area contributed by atoms with Crippen molar-refractivity contribution in [3.63, 3.8) is 0 Å². The molecule has 2 aromatic heterocycles. The molecule has 240 valence electrons. The Kier molecular flexibility index (Phi) is 11.6. The van der Waals surface area contributed by atoms with Gasteiger partial charge in [-0.05, 0) is 56.6 Å². The summed E-state index contributed by atoms with van der Waals surface area (Å²) in [5.74, 6) is -1.48. The minimum Gasteiger partial charge on any atom is -0.354 e. The first-order valence-electron chi connectivity index (χ1n) is 15.3. The number of rotatable bonds is 7. The minimum atomic E-state index is -0.813. The fourth-order valence-corrected chi connectivity index (χ4v) is 6.32. The molecule has 0 spiro atoms. The zero-order chi connectivity index (χ0) is 32.5. The fourth-order valence-electron chi connectivity index (χ4n) is 5.30. The van der Waals surface area contributed by atoms with Gasteiger partial charge < -0.3 is 26.3 Å². The number of aryl methyl sites for hydroxylation is 2. The lowest BCUT2D eigenvalue weighted by molar-refractivity contribution is -0.129. The molecule has 1 aliphatic heterocycles. The number of hydrogen-bond acceptors (Lipinski definition) is 8. The van der Waals surface area contributed by atoms with Crippen LogP contribution < -0.4 is 27.0 Å². The van der Waals surface area contributed by atoms with Crippen LogP contribution in [-0.4, -0.2) is 57.2 Å². The largest absolute Gasteiger partial charge is 0.354 e. The molecular weight excluding hydrogens is 594 g/mol. The summed E-state index contributed by atoms with van der Waals surface area (Å²) in [5, 5.41) is 13.9. The van der Waals surface area contributed by atoms with Gasteiger partial charge in [-0.15, -0.1) is 11.3 Å². The van der Waals surface area contributed by atoms with Gasteiger partial charge >= 0.3 is 5.69 Å². The molecule has 3 atom stereocenters. The third kappa shape index (κ3) is 9.30. The monoisotopic (exact) mass is 635 g/mol. The van der Waals surface area contributed by atoms with E-state index in [1.807, 2.05) is 44.2 Å². The number of H-pyrrole nitrogens is 1. The Hall–Kier alpha value is -4.39. The lowest BCUT2D eigenvalue weighted by atomic mass is 10.0. The summed E-state index contributed by atoms with van der Waals surface area (Å²) < 4.78 is 0. The summed E-state index contributed by atoms with van der Waals surface area (Å²) in [6.07, 6.45) is 2.28. The van der Waals surface area contributed by atoms with Gasteiger partial charge in [0.1, 0.15) is 22.8 Å². The molecule has 3 aromatic rings. The predicted molar refractivity (Wildman–Crippen MR) is 171 cm³/mol. The van der Waals surface area contributed by atoms with Gasteiger partial charge in [0.15, 0.2) is 0 Å². The van der Waals surface area contributed by atoms with Crippen molar-refractivity contribution >= 4 is 35.0 Å². The normalized spacial score (nSPS) is 19.8. The molecule has 13 heteroatoms. The van der Waals surface area contributed by atoms with Crippen molar-refractivity contribution in [2.45, 2.75) is 84.3 Å². The number of thiazole rings is 1. The molecule has 0 fully saturated rings. The van der Waals surface area contributed by atoms with Crippen LogP contribution in [0.15, 0.2) is 40.5 Å². The van der Waals surface area contributed by atoms with E-state index in [9.17, 15) is 24.0 Å². The SMILES string of the molecule is Cc1nc(=O)[nH]c(C)c1CCC(=O)N[C@H]1CCCCNC(=O)[C@@H](Cc2ccccc2)NC(=O)c2csc(n2)[C@@H](C(C)C)NC1=O. The minimum absolute atomic E-state index is 0.0541. The van der Waals surface area contributed by atoms with Crippen molar-refractivity contribution in [2.24, 2.45) is 5.92 Å². The zero-order valence-electron chi connectivity index (χ0n) is 26.1. The molecule has 3 heterocycles. The molecule has 0 aliphatic carbocycles. The van der Waals surface area contributed by atoms with E-state index in [4.69, 9.17) is 0 Å². The molecule has 4 amide bonds. The van der Waals surface area contributed by atoms with E-state index in [-0.39, 0.29) is 35.8 Å². The molecule has 2 bridgehead atoms. The highest BCUT2D eigenvalue weighted by Gasteiger charge is 2.29. The van der Waals surface area contributed by atoms with Crippen LogP contribution in [0, 0.1) is 19.8 Å². The maximum atomic E-state index is 13.6. The van der Waals surface area contributed by atoms with E-state index >= 15 is 0 Å². The van der Waals surface area contributed by atoms with Gasteiger partial charge in [0.25, 0.3) is 5.91 Å². The second-order valence-corrected chi connectivity index (χ2v) is 12.5. The summed E-state index contributed by atoms with van der Waals surface area (Å²) in [6, 6.07) is 7.38. The Morgan fingerprint density at radius 2 is 1.78 bits per heavy atom. The predicted octanol–water partition coefficient (Wildman–Crippen LogP) is 2.42. The van der Waals surface area contributed by atoms with Crippen molar-refractivity contribution in [3.8, 4) is 0 Å². The first-order valence-corrected chi connectivity index (χ1v) is 16.1. The number of fused-ring (bicyclic) bond motifs is 2. The first-order chi connectivity index (χ1) is 21.5. The number of aromatic nitrogens is 3. The summed E-state index contributed by atoms with van der Waals surface area (Å²) in [5.41, 5.74) is 2.66. The lowest BCUT2D eigenvalue weighted by Crippen LogP contribution is -2.49. The second-order valence-electron chi connectivity index (χ2n) is 11.7. The average molecular weight is 636 g/mol. The van der Waals surface area contributed by atoms with Gasteiger partial charge in [0.2, 0.25) is 17.7 Å². The van der Waals surface area contributed by atoms with Gasteiger partial charge in [-0.25, -0.2) is 9.78 Å². The molecule has 0 radical (unpaired) electrons. The molecule has 0 saturated heterocycles. The molecule has 4 rings (SSSR count). The smallest absolute Gasteiger partial charge is 0.345 e. The summed E-state index contributed by atoms with van der Waals surface area (Å²) in [4.78, 5) is 75.8. The Bertz CT molecular complexity index is 1540. The number of carbonyl (C=O) groups is 4. The van der Waals surface area contributed by atoms with Crippen LogP contribution in [0.2, 0.25) is 0 Å².